The van der Waals surface area contributed by atoms with Gasteiger partial charge in [-0.2, -0.15) is 10.4 Å². The molecule has 8 heteroatoms. The monoisotopic (exact) mass is 454 g/mol. The van der Waals surface area contributed by atoms with E-state index in [9.17, 15) is 10.1 Å². The molecule has 0 spiro atoms. The maximum atomic E-state index is 13.1. The van der Waals surface area contributed by atoms with Crippen LogP contribution in [0.5, 0.6) is 5.75 Å². The van der Waals surface area contributed by atoms with Crippen LogP contribution in [0.2, 0.25) is 0 Å². The van der Waals surface area contributed by atoms with Gasteiger partial charge in [0.05, 0.1) is 17.6 Å². The number of amides is 1. The van der Waals surface area contributed by atoms with E-state index in [0.717, 1.165) is 28.1 Å². The average molecular weight is 455 g/mol. The van der Waals surface area contributed by atoms with E-state index < -0.39 is 0 Å². The Morgan fingerprint density at radius 3 is 2.65 bits per heavy atom. The molecule has 172 valence electrons. The minimum absolute atomic E-state index is 0.00137. The number of aryl methyl sites for hydroxylation is 1. The summed E-state index contributed by atoms with van der Waals surface area (Å²) in [4.78, 5) is 14.8. The average Bonchev–Trinajstić information content (AvgIpc) is 3.31. The number of fused-ring (bicyclic) bond motifs is 3. The van der Waals surface area contributed by atoms with Crippen molar-refractivity contribution in [1.82, 2.24) is 19.2 Å². The number of benzene rings is 2. The molecule has 1 amide bonds. The molecule has 2 N–H and O–H groups in total. The summed E-state index contributed by atoms with van der Waals surface area (Å²) in [5.41, 5.74) is 11.4. The highest BCUT2D eigenvalue weighted by Crippen LogP contribution is 2.38. The smallest absolute Gasteiger partial charge is 0.272 e. The van der Waals surface area contributed by atoms with Crippen molar-refractivity contribution in [2.45, 2.75) is 40.0 Å². The van der Waals surface area contributed by atoms with E-state index in [1.807, 2.05) is 63.2 Å². The number of carbonyl (C=O) groups is 1. The number of nitrogens with zero attached hydrogens (tertiary/aromatic N) is 5. The molecule has 3 heterocycles. The summed E-state index contributed by atoms with van der Waals surface area (Å²) in [5, 5.41) is 15.2. The largest absolute Gasteiger partial charge is 0.489 e. The van der Waals surface area contributed by atoms with E-state index in [0.29, 0.717) is 29.9 Å². The number of likely N-dealkylation sites (N-methyl/N-ethyl adjacent to an activating group) is 1. The molecule has 0 bridgehead atoms. The summed E-state index contributed by atoms with van der Waals surface area (Å²) in [7, 11) is 1.77. The fourth-order valence-corrected chi connectivity index (χ4v) is 4.67. The molecule has 0 radical (unpaired) electrons. The van der Waals surface area contributed by atoms with Crippen LogP contribution >= 0.6 is 0 Å². The van der Waals surface area contributed by atoms with Crippen LogP contribution in [0.25, 0.3) is 16.7 Å². The third-order valence-corrected chi connectivity index (χ3v) is 6.67. The van der Waals surface area contributed by atoms with Crippen LogP contribution in [0.1, 0.15) is 39.7 Å². The van der Waals surface area contributed by atoms with Crippen molar-refractivity contribution in [3.8, 4) is 17.5 Å². The Balaban J connectivity index is 1.69. The van der Waals surface area contributed by atoms with Crippen molar-refractivity contribution in [3.05, 3.63) is 70.4 Å². The normalized spacial score (nSPS) is 15.4. The van der Waals surface area contributed by atoms with E-state index in [1.54, 1.807) is 21.2 Å². The van der Waals surface area contributed by atoms with Crippen molar-refractivity contribution in [1.29, 1.82) is 5.26 Å². The number of carbonyl (C=O) groups excluding carboxylic acids is 1. The second-order valence-electron chi connectivity index (χ2n) is 8.83. The second-order valence-corrected chi connectivity index (χ2v) is 8.83. The molecule has 1 aliphatic rings. The van der Waals surface area contributed by atoms with Gasteiger partial charge in [0.25, 0.3) is 5.91 Å². The minimum atomic E-state index is -0.164. The van der Waals surface area contributed by atoms with Gasteiger partial charge in [0.2, 0.25) is 0 Å². The van der Waals surface area contributed by atoms with Crippen LogP contribution in [0, 0.1) is 25.2 Å². The van der Waals surface area contributed by atoms with Crippen molar-refractivity contribution < 1.29 is 9.53 Å². The summed E-state index contributed by atoms with van der Waals surface area (Å²) in [6.45, 7) is 6.91. The predicted octanol–water partition coefficient (Wildman–Crippen LogP) is 3.95. The first kappa shape index (κ1) is 21.6. The Kier molecular flexibility index (Phi) is 5.05. The molecule has 8 nitrogen and oxygen atoms in total. The number of anilines is 1. The fraction of sp³-hybridized carbons (Fsp3) is 0.269. The molecule has 4 aromatic rings. The molecular formula is C26H26N6O2. The molecule has 0 aliphatic carbocycles. The van der Waals surface area contributed by atoms with E-state index >= 15 is 0 Å². The van der Waals surface area contributed by atoms with Gasteiger partial charge in [-0.1, -0.05) is 36.4 Å². The molecule has 1 atom stereocenters. The first-order valence-electron chi connectivity index (χ1n) is 11.2. The first-order valence-corrected chi connectivity index (χ1v) is 11.2. The summed E-state index contributed by atoms with van der Waals surface area (Å²) >= 11 is 0. The van der Waals surface area contributed by atoms with Crippen molar-refractivity contribution in [3.63, 3.8) is 0 Å². The van der Waals surface area contributed by atoms with Gasteiger partial charge in [0, 0.05) is 18.7 Å². The highest BCUT2D eigenvalue weighted by Gasteiger charge is 2.35. The zero-order valence-electron chi connectivity index (χ0n) is 19.7. The number of rotatable bonds is 4. The molecular weight excluding hydrogens is 428 g/mol. The predicted molar refractivity (Wildman–Crippen MR) is 130 cm³/mol. The molecule has 0 saturated carbocycles. The molecule has 0 saturated heterocycles. The number of nitrogens with two attached hydrogens (primary N) is 1. The SMILES string of the molecule is Cc1ccc(OCc2ccccc2)c(C)c1-n1c(N)c(C#N)c2c3n(nc21)C[C@H](C)N(C)C3=O. The number of ether oxygens (including phenoxy) is 1. The van der Waals surface area contributed by atoms with Gasteiger partial charge in [-0.05, 0) is 38.0 Å². The fourth-order valence-electron chi connectivity index (χ4n) is 4.67. The lowest BCUT2D eigenvalue weighted by atomic mass is 10.1. The first-order chi connectivity index (χ1) is 16.3. The van der Waals surface area contributed by atoms with Gasteiger partial charge in [0.1, 0.15) is 35.5 Å². The number of hydrogen-bond acceptors (Lipinski definition) is 5. The number of nitriles is 1. The van der Waals surface area contributed by atoms with Crippen LogP contribution in [0.4, 0.5) is 5.82 Å². The summed E-state index contributed by atoms with van der Waals surface area (Å²) in [6, 6.07) is 16.1. The third kappa shape index (κ3) is 3.12. The van der Waals surface area contributed by atoms with E-state index in [1.165, 1.54) is 0 Å². The quantitative estimate of drug-likeness (QED) is 0.503. The number of aromatic nitrogens is 3. The Labute approximate surface area is 197 Å². The van der Waals surface area contributed by atoms with Crippen LogP contribution in [0.3, 0.4) is 0 Å². The molecule has 5 rings (SSSR count). The van der Waals surface area contributed by atoms with Crippen molar-refractivity contribution >= 4 is 22.8 Å². The topological polar surface area (TPSA) is 102 Å². The van der Waals surface area contributed by atoms with Gasteiger partial charge < -0.3 is 15.4 Å². The highest BCUT2D eigenvalue weighted by molar-refractivity contribution is 6.09. The van der Waals surface area contributed by atoms with Gasteiger partial charge in [-0.25, -0.2) is 0 Å². The van der Waals surface area contributed by atoms with E-state index in [4.69, 9.17) is 15.6 Å². The number of nitrogen functional groups attached to an aromatic ring is 1. The van der Waals surface area contributed by atoms with Crippen LogP contribution < -0.4 is 10.5 Å². The summed E-state index contributed by atoms with van der Waals surface area (Å²) in [6.07, 6.45) is 0. The van der Waals surface area contributed by atoms with Crippen molar-refractivity contribution in [2.24, 2.45) is 0 Å². The molecule has 34 heavy (non-hydrogen) atoms. The maximum absolute atomic E-state index is 13.1. The molecule has 2 aromatic carbocycles. The standard InChI is InChI=1S/C26H26N6O2/c1-15-10-11-20(34-14-18-8-6-5-7-9-18)17(3)22(15)32-24(28)19(12-27)21-23-26(33)30(4)16(2)13-31(23)29-25(21)32/h5-11,16H,13-14,28H2,1-4H3/t16-/m0/s1. The van der Waals surface area contributed by atoms with E-state index in [2.05, 4.69) is 6.07 Å². The van der Waals surface area contributed by atoms with Gasteiger partial charge in [-0.15, -0.1) is 0 Å². The Morgan fingerprint density at radius 2 is 1.94 bits per heavy atom. The second kappa shape index (κ2) is 7.96. The molecule has 0 unspecified atom stereocenters. The van der Waals surface area contributed by atoms with E-state index in [-0.39, 0.29) is 23.3 Å². The van der Waals surface area contributed by atoms with Crippen molar-refractivity contribution in [2.75, 3.05) is 12.8 Å². The maximum Gasteiger partial charge on any atom is 0.272 e. The minimum Gasteiger partial charge on any atom is -0.489 e. The zero-order chi connectivity index (χ0) is 24.1. The lowest BCUT2D eigenvalue weighted by Gasteiger charge is -2.30. The number of hydrogen-bond donors (Lipinski definition) is 1. The Morgan fingerprint density at radius 1 is 1.21 bits per heavy atom. The molecule has 2 aromatic heterocycles. The van der Waals surface area contributed by atoms with Gasteiger partial charge in [0.15, 0.2) is 5.65 Å². The van der Waals surface area contributed by atoms with Gasteiger partial charge >= 0.3 is 0 Å². The Bertz CT molecular complexity index is 1480. The molecule has 0 fully saturated rings. The third-order valence-electron chi connectivity index (χ3n) is 6.67. The Hall–Kier alpha value is -4.25. The lowest BCUT2D eigenvalue weighted by molar-refractivity contribution is 0.0668. The summed E-state index contributed by atoms with van der Waals surface area (Å²) < 4.78 is 9.64. The lowest BCUT2D eigenvalue weighted by Crippen LogP contribution is -2.44. The van der Waals surface area contributed by atoms with Crippen LogP contribution in [-0.4, -0.2) is 38.2 Å². The summed E-state index contributed by atoms with van der Waals surface area (Å²) in [5.74, 6) is 0.824. The molecule has 1 aliphatic heterocycles. The zero-order valence-corrected chi connectivity index (χ0v) is 19.7. The highest BCUT2D eigenvalue weighted by atomic mass is 16.5. The van der Waals surface area contributed by atoms with Gasteiger partial charge in [-0.3, -0.25) is 14.0 Å². The van der Waals surface area contributed by atoms with Crippen LogP contribution in [0.15, 0.2) is 42.5 Å². The van der Waals surface area contributed by atoms with Crippen LogP contribution in [-0.2, 0) is 13.2 Å².